The third kappa shape index (κ3) is 9.11. The number of amides is 1. The fraction of sp³-hybridized carbons (Fsp3) is 0.750. The molecule has 86 valence electrons. The predicted octanol–water partition coefficient (Wildman–Crippen LogP) is -0.831. The first-order valence-corrected chi connectivity index (χ1v) is 3.31. The Morgan fingerprint density at radius 3 is 2.00 bits per heavy atom. The van der Waals surface area contributed by atoms with Crippen molar-refractivity contribution in [1.29, 1.82) is 0 Å². The summed E-state index contributed by atoms with van der Waals surface area (Å²) in [6.07, 6.45) is -0.370. The Morgan fingerprint density at radius 1 is 1.29 bits per heavy atom. The molecule has 0 aliphatic carbocycles. The Kier molecular flexibility index (Phi) is 9.94. The minimum absolute atomic E-state index is 0. The van der Waals surface area contributed by atoms with Crippen LogP contribution in [0.5, 0.6) is 0 Å². The first-order valence-electron chi connectivity index (χ1n) is 3.31. The van der Waals surface area contributed by atoms with Gasteiger partial charge in [0.2, 0.25) is 5.91 Å². The van der Waals surface area contributed by atoms with Crippen LogP contribution >= 0.6 is 0 Å². The smallest absolute Gasteiger partial charge is 0.311 e. The molecule has 0 saturated heterocycles. The highest BCUT2D eigenvalue weighted by atomic mass is 16.5. The molecule has 0 spiro atoms. The summed E-state index contributed by atoms with van der Waals surface area (Å²) in [4.78, 5) is 21.1. The molecular formula is C8H20N2O4. The molecule has 0 fully saturated rings. The molecule has 0 bridgehead atoms. The minimum Gasteiger partial charge on any atom is -0.336 e. The van der Waals surface area contributed by atoms with Gasteiger partial charge >= 0.3 is 6.03 Å². The quantitative estimate of drug-likeness (QED) is 0.357. The van der Waals surface area contributed by atoms with Crippen molar-refractivity contribution in [3.63, 3.8) is 0 Å². The molecule has 0 aliphatic heterocycles. The average molecular weight is 208 g/mol. The molecule has 6 nitrogen and oxygen atoms in total. The van der Waals surface area contributed by atoms with Crippen LogP contribution < -0.4 is 10.6 Å². The lowest BCUT2D eigenvalue weighted by atomic mass is 10.3. The molecular weight excluding hydrogens is 188 g/mol. The number of ketones is 1. The molecule has 0 rings (SSSR count). The number of nitrogens with one attached hydrogen (secondary N) is 2. The molecule has 0 aromatic heterocycles. The number of carbonyl (C=O) groups excluding carboxylic acids is 2. The summed E-state index contributed by atoms with van der Waals surface area (Å²) in [5, 5.41) is 21.4. The van der Waals surface area contributed by atoms with Gasteiger partial charge < -0.3 is 10.2 Å². The lowest BCUT2D eigenvalue weighted by molar-refractivity contribution is -0.206. The van der Waals surface area contributed by atoms with Gasteiger partial charge in [0, 0.05) is 0 Å². The van der Waals surface area contributed by atoms with Crippen LogP contribution in [0.15, 0.2) is 0 Å². The van der Waals surface area contributed by atoms with E-state index in [0.717, 1.165) is 0 Å². The van der Waals surface area contributed by atoms with Crippen molar-refractivity contribution in [2.75, 3.05) is 7.05 Å². The molecule has 0 heterocycles. The zero-order valence-corrected chi connectivity index (χ0v) is 6.92. The molecule has 0 saturated carbocycles. The van der Waals surface area contributed by atoms with Gasteiger partial charge in [0.05, 0.1) is 6.42 Å². The van der Waals surface area contributed by atoms with E-state index in [0.29, 0.717) is 0 Å². The van der Waals surface area contributed by atoms with E-state index in [9.17, 15) is 9.59 Å². The molecule has 0 aliphatic rings. The van der Waals surface area contributed by atoms with Crippen molar-refractivity contribution in [2.24, 2.45) is 0 Å². The molecule has 0 unspecified atom stereocenters. The standard InChI is InChI=1S/C6H12N2O4.2CH4/c1-4(9)3-5(10)8-6(11,12)7-2;;/h7,11-12H,3H2,1-2H3,(H,8,10);2*1H4. The van der Waals surface area contributed by atoms with E-state index in [1.165, 1.54) is 14.0 Å². The highest BCUT2D eigenvalue weighted by Gasteiger charge is 2.22. The van der Waals surface area contributed by atoms with Crippen molar-refractivity contribution in [2.45, 2.75) is 34.2 Å². The zero-order valence-electron chi connectivity index (χ0n) is 6.92. The number of rotatable bonds is 4. The van der Waals surface area contributed by atoms with E-state index in [2.05, 4.69) is 0 Å². The second-order valence-corrected chi connectivity index (χ2v) is 2.35. The third-order valence-corrected chi connectivity index (χ3v) is 1.07. The molecule has 4 N–H and O–H groups in total. The summed E-state index contributed by atoms with van der Waals surface area (Å²) < 4.78 is 0. The fourth-order valence-electron chi connectivity index (χ4n) is 0.527. The van der Waals surface area contributed by atoms with Crippen molar-refractivity contribution in [1.82, 2.24) is 10.6 Å². The lowest BCUT2D eigenvalue weighted by Gasteiger charge is -2.20. The largest absolute Gasteiger partial charge is 0.336 e. The first kappa shape index (κ1) is 18.7. The Balaban J connectivity index is -0.000000605. The zero-order chi connectivity index (χ0) is 9.78. The van der Waals surface area contributed by atoms with Gasteiger partial charge in [-0.1, -0.05) is 14.9 Å². The number of aliphatic hydroxyl groups is 2. The Morgan fingerprint density at radius 2 is 1.71 bits per heavy atom. The summed E-state index contributed by atoms with van der Waals surface area (Å²) in [5.74, 6) is -1.10. The van der Waals surface area contributed by atoms with E-state index in [-0.39, 0.29) is 27.1 Å². The second-order valence-electron chi connectivity index (χ2n) is 2.35. The molecule has 1 amide bonds. The van der Waals surface area contributed by atoms with Gasteiger partial charge in [0.1, 0.15) is 5.78 Å². The van der Waals surface area contributed by atoms with E-state index in [4.69, 9.17) is 10.2 Å². The molecule has 0 aromatic rings. The van der Waals surface area contributed by atoms with Gasteiger partial charge in [-0.05, 0) is 14.0 Å². The van der Waals surface area contributed by atoms with Crippen LogP contribution in [-0.2, 0) is 9.59 Å². The van der Waals surface area contributed by atoms with E-state index in [1.54, 1.807) is 5.32 Å². The topological polar surface area (TPSA) is 98.7 Å². The van der Waals surface area contributed by atoms with Gasteiger partial charge in [-0.2, -0.15) is 0 Å². The van der Waals surface area contributed by atoms with Gasteiger partial charge in [-0.25, -0.2) is 0 Å². The number of Topliss-reactive ketones (excluding diaryl/α,β-unsaturated/α-hetero) is 1. The lowest BCUT2D eigenvalue weighted by Crippen LogP contribution is -2.57. The van der Waals surface area contributed by atoms with Crippen LogP contribution in [0.4, 0.5) is 0 Å². The van der Waals surface area contributed by atoms with Crippen molar-refractivity contribution in [3.8, 4) is 0 Å². The highest BCUT2D eigenvalue weighted by molar-refractivity contribution is 5.96. The Hall–Kier alpha value is -0.980. The van der Waals surface area contributed by atoms with Crippen molar-refractivity contribution in [3.05, 3.63) is 0 Å². The van der Waals surface area contributed by atoms with Crippen LogP contribution in [-0.4, -0.2) is 35.0 Å². The Labute approximate surface area is 84.3 Å². The van der Waals surface area contributed by atoms with Crippen molar-refractivity contribution < 1.29 is 19.8 Å². The Bertz CT molecular complexity index is 192. The number of hydrogen-bond donors (Lipinski definition) is 4. The molecule has 6 heteroatoms. The van der Waals surface area contributed by atoms with Crippen LogP contribution in [0.1, 0.15) is 28.2 Å². The van der Waals surface area contributed by atoms with Crippen LogP contribution in [0.3, 0.4) is 0 Å². The maximum atomic E-state index is 10.7. The molecule has 0 atom stereocenters. The molecule has 0 radical (unpaired) electrons. The minimum atomic E-state index is -2.45. The molecule has 14 heavy (non-hydrogen) atoms. The summed E-state index contributed by atoms with van der Waals surface area (Å²) >= 11 is 0. The first-order chi connectivity index (χ1) is 5.37. The van der Waals surface area contributed by atoms with E-state index in [1.807, 2.05) is 5.32 Å². The van der Waals surface area contributed by atoms with Crippen molar-refractivity contribution >= 4 is 11.7 Å². The van der Waals surface area contributed by atoms with E-state index < -0.39 is 11.9 Å². The predicted molar refractivity (Wildman–Crippen MR) is 53.1 cm³/mol. The monoisotopic (exact) mass is 208 g/mol. The maximum absolute atomic E-state index is 10.7. The van der Waals surface area contributed by atoms with Gasteiger partial charge in [0.15, 0.2) is 0 Å². The van der Waals surface area contributed by atoms with Crippen LogP contribution in [0.25, 0.3) is 0 Å². The highest BCUT2D eigenvalue weighted by Crippen LogP contribution is 1.88. The molecule has 0 aromatic carbocycles. The summed E-state index contributed by atoms with van der Waals surface area (Å²) in [6, 6.07) is -2.45. The number of hydrogen-bond acceptors (Lipinski definition) is 5. The normalized spacial score (nSPS) is 9.43. The SMILES string of the molecule is C.C.CNC(O)(O)NC(=O)CC(C)=O. The van der Waals surface area contributed by atoms with Crippen LogP contribution in [0.2, 0.25) is 0 Å². The fourth-order valence-corrected chi connectivity index (χ4v) is 0.527. The second kappa shape index (κ2) is 7.43. The van der Waals surface area contributed by atoms with Gasteiger partial charge in [-0.15, -0.1) is 0 Å². The summed E-state index contributed by atoms with van der Waals surface area (Å²) in [6.45, 7) is 1.23. The number of carbonyl (C=O) groups is 2. The van der Waals surface area contributed by atoms with E-state index >= 15 is 0 Å². The summed E-state index contributed by atoms with van der Waals surface area (Å²) in [7, 11) is 1.24. The maximum Gasteiger partial charge on any atom is 0.311 e. The van der Waals surface area contributed by atoms with Crippen LogP contribution in [0, 0.1) is 0 Å². The average Bonchev–Trinajstić information content (AvgIpc) is 1.84. The summed E-state index contributed by atoms with van der Waals surface area (Å²) in [5.41, 5.74) is 0. The van der Waals surface area contributed by atoms with Gasteiger partial charge in [-0.3, -0.25) is 20.2 Å². The third-order valence-electron chi connectivity index (χ3n) is 1.07. The van der Waals surface area contributed by atoms with Gasteiger partial charge in [0.25, 0.3) is 0 Å².